The summed E-state index contributed by atoms with van der Waals surface area (Å²) >= 11 is 0. The summed E-state index contributed by atoms with van der Waals surface area (Å²) < 4.78 is 9.85. The maximum atomic E-state index is 12.2. The third-order valence-corrected chi connectivity index (χ3v) is 3.56. The quantitative estimate of drug-likeness (QED) is 0.914. The molecule has 1 aliphatic rings. The fraction of sp³-hybridized carbons (Fsp3) is 0.769. The van der Waals surface area contributed by atoms with Crippen LogP contribution in [0.2, 0.25) is 0 Å². The number of anilines is 1. The first-order chi connectivity index (χ1) is 9.35. The van der Waals surface area contributed by atoms with Gasteiger partial charge >= 0.3 is 12.0 Å². The number of nitrogens with zero attached hydrogens (tertiary/aromatic N) is 3. The molecular weight excluding hydrogens is 260 g/mol. The Morgan fingerprint density at radius 3 is 2.85 bits per heavy atom. The lowest BCUT2D eigenvalue weighted by atomic mass is 9.70. The minimum atomic E-state index is -0.198. The zero-order valence-corrected chi connectivity index (χ0v) is 12.6. The summed E-state index contributed by atoms with van der Waals surface area (Å²) in [6.45, 7) is 9.56. The van der Waals surface area contributed by atoms with Crippen LogP contribution in [-0.2, 0) is 11.3 Å². The van der Waals surface area contributed by atoms with Gasteiger partial charge in [-0.25, -0.2) is 4.79 Å². The lowest BCUT2D eigenvalue weighted by Crippen LogP contribution is -2.66. The van der Waals surface area contributed by atoms with Crippen LogP contribution in [0.5, 0.6) is 0 Å². The summed E-state index contributed by atoms with van der Waals surface area (Å²) in [5.41, 5.74) is 0.140. The third-order valence-electron chi connectivity index (χ3n) is 3.56. The van der Waals surface area contributed by atoms with Gasteiger partial charge in [-0.1, -0.05) is 32.9 Å². The molecule has 7 nitrogen and oxygen atoms in total. The second-order valence-electron chi connectivity index (χ2n) is 6.18. The van der Waals surface area contributed by atoms with Gasteiger partial charge in [0.1, 0.15) is 6.61 Å². The molecule has 0 saturated carbocycles. The summed E-state index contributed by atoms with van der Waals surface area (Å²) in [6, 6.07) is 0.119. The van der Waals surface area contributed by atoms with Crippen molar-refractivity contribution in [2.24, 2.45) is 11.3 Å². The predicted octanol–water partition coefficient (Wildman–Crippen LogP) is 2.11. The number of hydrogen-bond acceptors (Lipinski definition) is 5. The van der Waals surface area contributed by atoms with Crippen LogP contribution in [0.15, 0.2) is 4.52 Å². The van der Waals surface area contributed by atoms with E-state index in [0.717, 1.165) is 6.54 Å². The molecule has 1 aliphatic heterocycles. The van der Waals surface area contributed by atoms with Gasteiger partial charge in [-0.05, 0) is 5.92 Å². The molecule has 1 aromatic rings. The lowest BCUT2D eigenvalue weighted by Gasteiger charge is -2.55. The van der Waals surface area contributed by atoms with Gasteiger partial charge in [-0.3, -0.25) is 5.32 Å². The van der Waals surface area contributed by atoms with Crippen molar-refractivity contribution in [2.45, 2.75) is 40.3 Å². The molecule has 1 atom stereocenters. The minimum Gasteiger partial charge on any atom is -0.377 e. The fourth-order valence-electron chi connectivity index (χ4n) is 3.06. The highest BCUT2D eigenvalue weighted by Gasteiger charge is 2.49. The van der Waals surface area contributed by atoms with E-state index in [1.54, 1.807) is 7.11 Å². The van der Waals surface area contributed by atoms with Crippen molar-refractivity contribution in [3.63, 3.8) is 0 Å². The number of methoxy groups -OCH3 is 1. The lowest BCUT2D eigenvalue weighted by molar-refractivity contribution is -0.0364. The zero-order valence-electron chi connectivity index (χ0n) is 12.6. The number of ether oxygens (including phenoxy) is 1. The first-order valence-corrected chi connectivity index (χ1v) is 6.74. The van der Waals surface area contributed by atoms with E-state index < -0.39 is 0 Å². The number of amides is 2. The van der Waals surface area contributed by atoms with Gasteiger partial charge in [0.25, 0.3) is 0 Å². The Bertz CT molecular complexity index is 484. The van der Waals surface area contributed by atoms with Crippen molar-refractivity contribution in [3.05, 3.63) is 5.82 Å². The Labute approximate surface area is 118 Å². The average molecular weight is 282 g/mol. The molecule has 0 aliphatic carbocycles. The van der Waals surface area contributed by atoms with Gasteiger partial charge in [-0.2, -0.15) is 4.98 Å². The van der Waals surface area contributed by atoms with Crippen molar-refractivity contribution >= 4 is 12.0 Å². The Hall–Kier alpha value is -1.63. The van der Waals surface area contributed by atoms with E-state index in [-0.39, 0.29) is 30.1 Å². The summed E-state index contributed by atoms with van der Waals surface area (Å²) in [4.78, 5) is 18.1. The van der Waals surface area contributed by atoms with E-state index in [4.69, 9.17) is 9.26 Å². The Morgan fingerprint density at radius 2 is 2.30 bits per heavy atom. The summed E-state index contributed by atoms with van der Waals surface area (Å²) in [7, 11) is 1.55. The van der Waals surface area contributed by atoms with Crippen LogP contribution >= 0.6 is 0 Å². The minimum absolute atomic E-state index is 0.106. The van der Waals surface area contributed by atoms with Gasteiger partial charge in [0.15, 0.2) is 5.82 Å². The van der Waals surface area contributed by atoms with Crippen LogP contribution in [0.25, 0.3) is 0 Å². The number of urea groups is 1. The Kier molecular flexibility index (Phi) is 3.99. The molecule has 1 unspecified atom stereocenters. The molecule has 112 valence electrons. The molecule has 0 radical (unpaired) electrons. The molecule has 0 spiro atoms. The molecule has 20 heavy (non-hydrogen) atoms. The van der Waals surface area contributed by atoms with Gasteiger partial charge in [0, 0.05) is 25.1 Å². The van der Waals surface area contributed by atoms with Crippen LogP contribution in [-0.4, -0.2) is 40.8 Å². The Balaban J connectivity index is 1.98. The van der Waals surface area contributed by atoms with Crippen LogP contribution in [0.3, 0.4) is 0 Å². The van der Waals surface area contributed by atoms with Crippen molar-refractivity contribution in [1.82, 2.24) is 15.0 Å². The second-order valence-corrected chi connectivity index (χ2v) is 6.18. The van der Waals surface area contributed by atoms with E-state index >= 15 is 0 Å². The number of nitrogens with one attached hydrogen (secondary N) is 1. The predicted molar refractivity (Wildman–Crippen MR) is 73.1 cm³/mol. The van der Waals surface area contributed by atoms with E-state index in [2.05, 4.69) is 43.2 Å². The van der Waals surface area contributed by atoms with Crippen LogP contribution in [0, 0.1) is 11.3 Å². The first kappa shape index (κ1) is 14.8. The zero-order chi connectivity index (χ0) is 14.9. The average Bonchev–Trinajstić information content (AvgIpc) is 2.73. The number of rotatable bonds is 4. The summed E-state index contributed by atoms with van der Waals surface area (Å²) in [6.07, 6.45) is 0. The first-order valence-electron chi connectivity index (χ1n) is 6.74. The largest absolute Gasteiger partial charge is 0.377 e. The highest BCUT2D eigenvalue weighted by Crippen LogP contribution is 2.41. The standard InChI is InChI=1S/C13H22N4O3/c1-8(2)10-13(3,4)7-17(10)12(18)15-11-14-9(6-19-5)16-20-11/h8,10H,6-7H2,1-5H3,(H,14,15,16,18). The number of carbonyl (C=O) groups is 1. The van der Waals surface area contributed by atoms with Crippen molar-refractivity contribution in [1.29, 1.82) is 0 Å². The van der Waals surface area contributed by atoms with Crippen LogP contribution in [0.4, 0.5) is 10.8 Å². The molecule has 0 bridgehead atoms. The van der Waals surface area contributed by atoms with Crippen molar-refractivity contribution in [3.8, 4) is 0 Å². The maximum Gasteiger partial charge on any atom is 0.329 e. The monoisotopic (exact) mass is 282 g/mol. The number of likely N-dealkylation sites (tertiary alicyclic amines) is 1. The molecule has 1 saturated heterocycles. The molecule has 2 rings (SSSR count). The molecule has 7 heteroatoms. The van der Waals surface area contributed by atoms with Crippen molar-refractivity contribution < 1.29 is 14.1 Å². The Morgan fingerprint density at radius 1 is 1.60 bits per heavy atom. The molecule has 2 amide bonds. The van der Waals surface area contributed by atoms with Gasteiger partial charge in [0.2, 0.25) is 0 Å². The molecule has 1 aromatic heterocycles. The number of hydrogen-bond donors (Lipinski definition) is 1. The van der Waals surface area contributed by atoms with Gasteiger partial charge in [-0.15, -0.1) is 0 Å². The van der Waals surface area contributed by atoms with E-state index in [0.29, 0.717) is 11.7 Å². The van der Waals surface area contributed by atoms with Crippen molar-refractivity contribution in [2.75, 3.05) is 19.0 Å². The SMILES string of the molecule is COCc1noc(NC(=O)N2CC(C)(C)C2C(C)C)n1. The van der Waals surface area contributed by atoms with Gasteiger partial charge < -0.3 is 14.2 Å². The summed E-state index contributed by atoms with van der Waals surface area (Å²) in [5.74, 6) is 0.809. The smallest absolute Gasteiger partial charge is 0.329 e. The second kappa shape index (κ2) is 5.40. The van der Waals surface area contributed by atoms with Gasteiger partial charge in [0.05, 0.1) is 0 Å². The van der Waals surface area contributed by atoms with E-state index in [1.165, 1.54) is 0 Å². The topological polar surface area (TPSA) is 80.5 Å². The highest BCUT2D eigenvalue weighted by atomic mass is 16.5. The number of carbonyl (C=O) groups excluding carboxylic acids is 1. The number of aromatic nitrogens is 2. The van der Waals surface area contributed by atoms with Crippen LogP contribution < -0.4 is 5.32 Å². The fourth-order valence-corrected chi connectivity index (χ4v) is 3.06. The third kappa shape index (κ3) is 2.77. The van der Waals surface area contributed by atoms with E-state index in [9.17, 15) is 4.79 Å². The molecule has 0 aromatic carbocycles. The summed E-state index contributed by atoms with van der Waals surface area (Å²) in [5, 5.41) is 6.34. The van der Waals surface area contributed by atoms with Crippen LogP contribution in [0.1, 0.15) is 33.5 Å². The molecule has 1 N–H and O–H groups in total. The molecule has 2 heterocycles. The molecule has 1 fully saturated rings. The van der Waals surface area contributed by atoms with E-state index in [1.807, 2.05) is 4.90 Å². The normalized spacial score (nSPS) is 20.9. The molecular formula is C13H22N4O3. The maximum absolute atomic E-state index is 12.2. The highest BCUT2D eigenvalue weighted by molar-refractivity contribution is 5.88.